The van der Waals surface area contributed by atoms with E-state index < -0.39 is 6.09 Å². The van der Waals surface area contributed by atoms with Gasteiger partial charge in [0.1, 0.15) is 11.4 Å². The predicted molar refractivity (Wildman–Crippen MR) is 212 cm³/mol. The van der Waals surface area contributed by atoms with Crippen LogP contribution < -0.4 is 23.8 Å². The van der Waals surface area contributed by atoms with Crippen LogP contribution in [-0.2, 0) is 4.79 Å². The maximum atomic E-state index is 14.4. The topological polar surface area (TPSA) is 117 Å². The van der Waals surface area contributed by atoms with Crippen molar-refractivity contribution in [1.29, 1.82) is 0 Å². The standard InChI is InChI=1S/C38H44ClN5O7S2/c1-41-12-14-42(15-13-41)32(45)9-11-43(25-10-16-52-53-22-25)38(47)51-30-19-29-33(27-8-6-5-7-26(27)30)24(20-39)21-44(29)37(46)28-17-23-18-31(48-2)35(49-3)36(50-4)34(23)40-28/h5-8,17-19,24-25,40H,9-16,20-22H2,1-4H3/t24-,25+/m1/s1. The van der Waals surface area contributed by atoms with Crippen LogP contribution in [0.25, 0.3) is 21.7 Å². The molecule has 4 aromatic rings. The smallest absolute Gasteiger partial charge is 0.415 e. The van der Waals surface area contributed by atoms with E-state index in [9.17, 15) is 14.4 Å². The highest BCUT2D eigenvalue weighted by Gasteiger charge is 2.37. The molecule has 3 aliphatic rings. The number of anilines is 1. The van der Waals surface area contributed by atoms with Gasteiger partial charge < -0.3 is 43.5 Å². The summed E-state index contributed by atoms with van der Waals surface area (Å²) in [6.07, 6.45) is 0.534. The first-order valence-electron chi connectivity index (χ1n) is 17.7. The van der Waals surface area contributed by atoms with E-state index in [2.05, 4.69) is 16.9 Å². The first kappa shape index (κ1) is 37.3. The zero-order chi connectivity index (χ0) is 37.2. The Bertz CT molecular complexity index is 2010. The summed E-state index contributed by atoms with van der Waals surface area (Å²) in [6, 6.07) is 13.0. The average Bonchev–Trinajstić information content (AvgIpc) is 3.79. The van der Waals surface area contributed by atoms with Gasteiger partial charge in [-0.1, -0.05) is 45.9 Å². The molecule has 3 aliphatic heterocycles. The van der Waals surface area contributed by atoms with Gasteiger partial charge in [0.05, 0.1) is 32.5 Å². The number of halogens is 1. The number of hydrogen-bond donors (Lipinski definition) is 1. The van der Waals surface area contributed by atoms with Crippen LogP contribution in [0.1, 0.15) is 34.8 Å². The second-order valence-corrected chi connectivity index (χ2v) is 16.4. The Hall–Kier alpha value is -3.98. The Kier molecular flexibility index (Phi) is 11.4. The van der Waals surface area contributed by atoms with Crippen LogP contribution >= 0.6 is 33.2 Å². The van der Waals surface area contributed by atoms with E-state index in [0.29, 0.717) is 65.4 Å². The number of aromatic amines is 1. The normalized spacial score (nSPS) is 19.0. The van der Waals surface area contributed by atoms with Gasteiger partial charge in [0.25, 0.3) is 5.91 Å². The first-order valence-corrected chi connectivity index (χ1v) is 20.7. The van der Waals surface area contributed by atoms with Crippen LogP contribution in [0.5, 0.6) is 23.0 Å². The van der Waals surface area contributed by atoms with Gasteiger partial charge in [-0.25, -0.2) is 4.79 Å². The van der Waals surface area contributed by atoms with Crippen LogP contribution in [0.3, 0.4) is 0 Å². The maximum Gasteiger partial charge on any atom is 0.415 e. The Morgan fingerprint density at radius 2 is 1.70 bits per heavy atom. The fraction of sp³-hybridized carbons (Fsp3) is 0.447. The second-order valence-electron chi connectivity index (χ2n) is 13.5. The number of carbonyl (C=O) groups excluding carboxylic acids is 3. The molecular formula is C38H44ClN5O7S2. The number of aromatic nitrogens is 1. The Morgan fingerprint density at radius 1 is 0.943 bits per heavy atom. The van der Waals surface area contributed by atoms with Crippen LogP contribution in [0, 0.1) is 0 Å². The third-order valence-corrected chi connectivity index (χ3v) is 13.3. The lowest BCUT2D eigenvalue weighted by Gasteiger charge is -2.35. The molecule has 2 atom stereocenters. The molecule has 1 N–H and O–H groups in total. The van der Waals surface area contributed by atoms with E-state index in [-0.39, 0.29) is 36.7 Å². The molecule has 282 valence electrons. The van der Waals surface area contributed by atoms with E-state index in [0.717, 1.165) is 52.7 Å². The zero-order valence-electron chi connectivity index (χ0n) is 30.3. The van der Waals surface area contributed by atoms with Crippen LogP contribution in [0.4, 0.5) is 10.5 Å². The van der Waals surface area contributed by atoms with Crippen molar-refractivity contribution in [2.75, 3.05) is 89.9 Å². The number of methoxy groups -OCH3 is 3. The van der Waals surface area contributed by atoms with Crippen molar-refractivity contribution in [1.82, 2.24) is 19.7 Å². The maximum absolute atomic E-state index is 14.4. The molecule has 53 heavy (non-hydrogen) atoms. The minimum Gasteiger partial charge on any atom is -0.493 e. The van der Waals surface area contributed by atoms with Crippen molar-refractivity contribution in [3.05, 3.63) is 53.7 Å². The van der Waals surface area contributed by atoms with Gasteiger partial charge >= 0.3 is 6.09 Å². The lowest BCUT2D eigenvalue weighted by Crippen LogP contribution is -2.49. The Balaban J connectivity index is 1.21. The van der Waals surface area contributed by atoms with E-state index in [1.807, 2.05) is 29.2 Å². The van der Waals surface area contributed by atoms with Crippen molar-refractivity contribution in [3.8, 4) is 23.0 Å². The number of rotatable bonds is 10. The summed E-state index contributed by atoms with van der Waals surface area (Å²) in [7, 11) is 10.2. The number of fused-ring (bicyclic) bond motifs is 4. The van der Waals surface area contributed by atoms with Crippen molar-refractivity contribution in [3.63, 3.8) is 0 Å². The number of amides is 3. The van der Waals surface area contributed by atoms with Gasteiger partial charge in [-0.3, -0.25) is 9.59 Å². The van der Waals surface area contributed by atoms with Crippen molar-refractivity contribution >= 4 is 78.5 Å². The summed E-state index contributed by atoms with van der Waals surface area (Å²) in [6.45, 7) is 3.65. The van der Waals surface area contributed by atoms with E-state index in [1.165, 1.54) is 14.2 Å². The number of likely N-dealkylation sites (N-methyl/N-ethyl adjacent to an activating group) is 1. The molecule has 0 saturated carbocycles. The second kappa shape index (κ2) is 16.2. The molecule has 2 saturated heterocycles. The monoisotopic (exact) mass is 781 g/mol. The fourth-order valence-corrected chi connectivity index (χ4v) is 10.3. The molecular weight excluding hydrogens is 738 g/mol. The third kappa shape index (κ3) is 7.30. The highest BCUT2D eigenvalue weighted by molar-refractivity contribution is 8.76. The van der Waals surface area contributed by atoms with Crippen LogP contribution in [-0.4, -0.2) is 129 Å². The van der Waals surface area contributed by atoms with Crippen LogP contribution in [0.15, 0.2) is 42.5 Å². The number of nitrogens with zero attached hydrogens (tertiary/aromatic N) is 4. The Morgan fingerprint density at radius 3 is 2.38 bits per heavy atom. The van der Waals surface area contributed by atoms with Gasteiger partial charge in [-0.2, -0.15) is 0 Å². The largest absolute Gasteiger partial charge is 0.493 e. The first-order chi connectivity index (χ1) is 25.8. The minimum atomic E-state index is -0.505. The summed E-state index contributed by atoms with van der Waals surface area (Å²) in [5.74, 6) is 3.23. The molecule has 0 unspecified atom stereocenters. The van der Waals surface area contributed by atoms with Gasteiger partial charge in [-0.05, 0) is 36.6 Å². The number of hydrogen-bond acceptors (Lipinski definition) is 10. The molecule has 1 aromatic heterocycles. The quantitative estimate of drug-likeness (QED) is 0.142. The average molecular weight is 782 g/mol. The minimum absolute atomic E-state index is 0.0458. The molecule has 0 aliphatic carbocycles. The molecule has 2 fully saturated rings. The van der Waals surface area contributed by atoms with Gasteiger partial charge in [0, 0.05) is 91.9 Å². The number of ether oxygens (including phenoxy) is 4. The highest BCUT2D eigenvalue weighted by atomic mass is 35.5. The predicted octanol–water partition coefficient (Wildman–Crippen LogP) is 6.45. The van der Waals surface area contributed by atoms with Gasteiger partial charge in [-0.15, -0.1) is 11.6 Å². The molecule has 0 spiro atoms. The lowest BCUT2D eigenvalue weighted by molar-refractivity contribution is -0.133. The van der Waals surface area contributed by atoms with Gasteiger partial charge in [0.15, 0.2) is 11.5 Å². The molecule has 4 heterocycles. The lowest BCUT2D eigenvalue weighted by atomic mass is 9.95. The molecule has 3 aromatic carbocycles. The third-order valence-electron chi connectivity index (χ3n) is 10.4. The Labute approximate surface area is 321 Å². The molecule has 15 heteroatoms. The number of nitrogens with one attached hydrogen (secondary N) is 1. The summed E-state index contributed by atoms with van der Waals surface area (Å²) in [4.78, 5) is 52.7. The van der Waals surface area contributed by atoms with E-state index in [1.54, 1.807) is 56.7 Å². The summed E-state index contributed by atoms with van der Waals surface area (Å²) < 4.78 is 23.1. The number of H-pyrrole nitrogens is 1. The molecule has 12 nitrogen and oxygen atoms in total. The summed E-state index contributed by atoms with van der Waals surface area (Å²) >= 11 is 6.58. The van der Waals surface area contributed by atoms with E-state index >= 15 is 0 Å². The van der Waals surface area contributed by atoms with Gasteiger partial charge in [0.2, 0.25) is 11.7 Å². The fourth-order valence-electron chi connectivity index (χ4n) is 7.52. The van der Waals surface area contributed by atoms with Crippen molar-refractivity contribution in [2.24, 2.45) is 0 Å². The summed E-state index contributed by atoms with van der Waals surface area (Å²) in [5, 5.41) is 2.33. The SMILES string of the molecule is COc1cc2cc(C(=O)N3C[C@@H](CCl)c4c3cc(OC(=O)N(CCC(=O)N3CCN(C)CC3)[C@H]3CCSSC3)c3ccccc43)[nH]c2c(OC)c1OC. The molecule has 3 amide bonds. The highest BCUT2D eigenvalue weighted by Crippen LogP contribution is 2.47. The molecule has 0 radical (unpaired) electrons. The van der Waals surface area contributed by atoms with Crippen molar-refractivity contribution in [2.45, 2.75) is 24.8 Å². The van der Waals surface area contributed by atoms with Crippen molar-refractivity contribution < 1.29 is 33.3 Å². The number of carbonyl (C=O) groups is 3. The molecule has 7 rings (SSSR count). The van der Waals surface area contributed by atoms with Crippen LogP contribution in [0.2, 0.25) is 0 Å². The number of piperazine rings is 1. The molecule has 0 bridgehead atoms. The van der Waals surface area contributed by atoms with E-state index in [4.69, 9.17) is 30.5 Å². The summed E-state index contributed by atoms with van der Waals surface area (Å²) in [5.41, 5.74) is 2.49. The number of benzene rings is 3. The zero-order valence-corrected chi connectivity index (χ0v) is 32.7. The number of alkyl halides is 1.